The van der Waals surface area contributed by atoms with Gasteiger partial charge < -0.3 is 9.88 Å². The molecule has 0 aliphatic carbocycles. The maximum Gasteiger partial charge on any atom is 0.236 e. The molecule has 2 aromatic heterocycles. The van der Waals surface area contributed by atoms with E-state index in [-0.39, 0.29) is 11.8 Å². The summed E-state index contributed by atoms with van der Waals surface area (Å²) >= 11 is 0. The second kappa shape index (κ2) is 7.88. The normalized spacial score (nSPS) is 17.6. The number of pyridine rings is 1. The van der Waals surface area contributed by atoms with Gasteiger partial charge in [0, 0.05) is 37.9 Å². The predicted octanol–water partition coefficient (Wildman–Crippen LogP) is 2.80. The van der Waals surface area contributed by atoms with Crippen LogP contribution in [0, 0.1) is 0 Å². The average molecular weight is 363 g/mol. The average Bonchev–Trinajstić information content (AvgIpc) is 3.13. The standard InChI is InChI=1S/C21H25N5O/c1-25(13-16-8-10-22-11-9-16)15-20(27)26-12-4-5-17(14-26)21-23-18-6-2-3-7-19(18)24-21/h2-3,6-11,17H,4-5,12-15H2,1H3,(H,23,24)/t17-/m1/s1. The fourth-order valence-corrected chi connectivity index (χ4v) is 3.78. The van der Waals surface area contributed by atoms with Gasteiger partial charge in [-0.15, -0.1) is 0 Å². The number of carbonyl (C=O) groups excluding carboxylic acids is 1. The molecule has 1 aromatic carbocycles. The number of piperidine rings is 1. The van der Waals surface area contributed by atoms with Gasteiger partial charge in [-0.25, -0.2) is 4.98 Å². The molecule has 6 nitrogen and oxygen atoms in total. The van der Waals surface area contributed by atoms with Crippen molar-refractivity contribution in [2.75, 3.05) is 26.7 Å². The number of likely N-dealkylation sites (N-methyl/N-ethyl adjacent to an activating group) is 1. The van der Waals surface area contributed by atoms with Crippen LogP contribution in [0.4, 0.5) is 0 Å². The number of imidazole rings is 1. The lowest BCUT2D eigenvalue weighted by Crippen LogP contribution is -2.43. The quantitative estimate of drug-likeness (QED) is 0.757. The van der Waals surface area contributed by atoms with Crippen LogP contribution < -0.4 is 0 Å². The number of fused-ring (bicyclic) bond motifs is 1. The molecule has 27 heavy (non-hydrogen) atoms. The van der Waals surface area contributed by atoms with Gasteiger partial charge in [0.2, 0.25) is 5.91 Å². The van der Waals surface area contributed by atoms with Crippen LogP contribution in [0.1, 0.15) is 30.1 Å². The first-order chi connectivity index (χ1) is 13.2. The highest BCUT2D eigenvalue weighted by Crippen LogP contribution is 2.26. The molecule has 1 N–H and O–H groups in total. The number of aromatic amines is 1. The van der Waals surface area contributed by atoms with Crippen LogP contribution in [-0.4, -0.2) is 57.3 Å². The molecule has 1 aliphatic heterocycles. The highest BCUT2D eigenvalue weighted by atomic mass is 16.2. The fraction of sp³-hybridized carbons (Fsp3) is 0.381. The number of para-hydroxylation sites is 2. The van der Waals surface area contributed by atoms with Crippen molar-refractivity contribution in [3.05, 3.63) is 60.2 Å². The summed E-state index contributed by atoms with van der Waals surface area (Å²) in [5.74, 6) is 1.46. The number of carbonyl (C=O) groups is 1. The highest BCUT2D eigenvalue weighted by Gasteiger charge is 2.27. The maximum atomic E-state index is 12.8. The van der Waals surface area contributed by atoms with Crippen molar-refractivity contribution in [2.24, 2.45) is 0 Å². The number of aromatic nitrogens is 3. The summed E-state index contributed by atoms with van der Waals surface area (Å²) < 4.78 is 0. The third-order valence-corrected chi connectivity index (χ3v) is 5.18. The van der Waals surface area contributed by atoms with Gasteiger partial charge in [0.05, 0.1) is 17.6 Å². The minimum atomic E-state index is 0.187. The summed E-state index contributed by atoms with van der Waals surface area (Å²) in [5.41, 5.74) is 3.22. The topological polar surface area (TPSA) is 65.1 Å². The Morgan fingerprint density at radius 2 is 2.07 bits per heavy atom. The molecule has 1 saturated heterocycles. The molecule has 1 atom stereocenters. The second-order valence-electron chi connectivity index (χ2n) is 7.35. The van der Waals surface area contributed by atoms with Crippen LogP contribution >= 0.6 is 0 Å². The first-order valence-corrected chi connectivity index (χ1v) is 9.49. The molecular formula is C21H25N5O. The van der Waals surface area contributed by atoms with Crippen LogP contribution in [0.25, 0.3) is 11.0 Å². The summed E-state index contributed by atoms with van der Waals surface area (Å²) in [7, 11) is 1.99. The first kappa shape index (κ1) is 17.7. The Hall–Kier alpha value is -2.73. The lowest BCUT2D eigenvalue weighted by atomic mass is 9.97. The molecule has 1 amide bonds. The van der Waals surface area contributed by atoms with Gasteiger partial charge in [0.1, 0.15) is 5.82 Å². The molecule has 3 heterocycles. The number of nitrogens with zero attached hydrogens (tertiary/aromatic N) is 4. The maximum absolute atomic E-state index is 12.8. The van der Waals surface area contributed by atoms with Crippen molar-refractivity contribution in [1.82, 2.24) is 24.8 Å². The van der Waals surface area contributed by atoms with Crippen molar-refractivity contribution in [3.63, 3.8) is 0 Å². The van der Waals surface area contributed by atoms with E-state index in [1.807, 2.05) is 48.3 Å². The Kier molecular flexibility index (Phi) is 5.16. The Morgan fingerprint density at radius 1 is 1.26 bits per heavy atom. The predicted molar refractivity (Wildman–Crippen MR) is 105 cm³/mol. The Balaban J connectivity index is 1.37. The fourth-order valence-electron chi connectivity index (χ4n) is 3.78. The van der Waals surface area contributed by atoms with E-state index in [9.17, 15) is 4.79 Å². The van der Waals surface area contributed by atoms with Crippen LogP contribution in [0.2, 0.25) is 0 Å². The third-order valence-electron chi connectivity index (χ3n) is 5.18. The Bertz CT molecular complexity index is 874. The molecule has 140 valence electrons. The van der Waals surface area contributed by atoms with Crippen molar-refractivity contribution in [2.45, 2.75) is 25.3 Å². The molecule has 0 unspecified atom stereocenters. The van der Waals surface area contributed by atoms with E-state index in [4.69, 9.17) is 4.98 Å². The summed E-state index contributed by atoms with van der Waals surface area (Å²) in [6, 6.07) is 12.1. The molecule has 3 aromatic rings. The van der Waals surface area contributed by atoms with Gasteiger partial charge >= 0.3 is 0 Å². The van der Waals surface area contributed by atoms with Crippen molar-refractivity contribution < 1.29 is 4.79 Å². The molecular weight excluding hydrogens is 338 g/mol. The largest absolute Gasteiger partial charge is 0.342 e. The number of nitrogens with one attached hydrogen (secondary N) is 1. The molecule has 6 heteroatoms. The molecule has 0 radical (unpaired) electrons. The number of amides is 1. The molecule has 4 rings (SSSR count). The molecule has 0 saturated carbocycles. The van der Waals surface area contributed by atoms with E-state index >= 15 is 0 Å². The molecule has 1 fully saturated rings. The summed E-state index contributed by atoms with van der Waals surface area (Å²) in [6.07, 6.45) is 5.65. The van der Waals surface area contributed by atoms with Crippen molar-refractivity contribution in [1.29, 1.82) is 0 Å². The number of hydrogen-bond donors (Lipinski definition) is 1. The van der Waals surface area contributed by atoms with E-state index in [1.54, 1.807) is 12.4 Å². The number of likely N-dealkylation sites (tertiary alicyclic amines) is 1. The Labute approximate surface area is 159 Å². The van der Waals surface area contributed by atoms with E-state index in [0.717, 1.165) is 49.3 Å². The first-order valence-electron chi connectivity index (χ1n) is 9.49. The van der Waals surface area contributed by atoms with Gasteiger partial charge in [-0.3, -0.25) is 14.7 Å². The Morgan fingerprint density at radius 3 is 2.89 bits per heavy atom. The van der Waals surface area contributed by atoms with Crippen LogP contribution in [0.15, 0.2) is 48.8 Å². The van der Waals surface area contributed by atoms with Gasteiger partial charge in [-0.1, -0.05) is 12.1 Å². The second-order valence-corrected chi connectivity index (χ2v) is 7.35. The summed E-state index contributed by atoms with van der Waals surface area (Å²) in [4.78, 5) is 29.0. The molecule has 0 bridgehead atoms. The zero-order valence-electron chi connectivity index (χ0n) is 15.6. The van der Waals surface area contributed by atoms with E-state index in [0.29, 0.717) is 6.54 Å². The van der Waals surface area contributed by atoms with Gasteiger partial charge in [-0.05, 0) is 49.7 Å². The molecule has 1 aliphatic rings. The number of rotatable bonds is 5. The zero-order chi connectivity index (χ0) is 18.6. The van der Waals surface area contributed by atoms with E-state index < -0.39 is 0 Å². The van der Waals surface area contributed by atoms with Crippen molar-refractivity contribution in [3.8, 4) is 0 Å². The van der Waals surface area contributed by atoms with Crippen LogP contribution in [0.3, 0.4) is 0 Å². The lowest BCUT2D eigenvalue weighted by Gasteiger charge is -2.33. The van der Waals surface area contributed by atoms with E-state index in [1.165, 1.54) is 5.56 Å². The third kappa shape index (κ3) is 4.17. The zero-order valence-corrected chi connectivity index (χ0v) is 15.6. The van der Waals surface area contributed by atoms with Gasteiger partial charge in [-0.2, -0.15) is 0 Å². The van der Waals surface area contributed by atoms with Gasteiger partial charge in [0.15, 0.2) is 0 Å². The summed E-state index contributed by atoms with van der Waals surface area (Å²) in [6.45, 7) is 2.74. The van der Waals surface area contributed by atoms with Crippen LogP contribution in [-0.2, 0) is 11.3 Å². The van der Waals surface area contributed by atoms with E-state index in [2.05, 4.69) is 14.9 Å². The number of benzene rings is 1. The number of H-pyrrole nitrogens is 1. The SMILES string of the molecule is CN(CC(=O)N1CCC[C@@H](c2nc3ccccc3[nH]2)C1)Cc1ccncc1. The molecule has 0 spiro atoms. The lowest BCUT2D eigenvalue weighted by molar-refractivity contribution is -0.133. The number of hydrogen-bond acceptors (Lipinski definition) is 4. The summed E-state index contributed by atoms with van der Waals surface area (Å²) in [5, 5.41) is 0. The minimum Gasteiger partial charge on any atom is -0.342 e. The van der Waals surface area contributed by atoms with Gasteiger partial charge in [0.25, 0.3) is 0 Å². The highest BCUT2D eigenvalue weighted by molar-refractivity contribution is 5.78. The van der Waals surface area contributed by atoms with Crippen molar-refractivity contribution >= 4 is 16.9 Å². The minimum absolute atomic E-state index is 0.187. The monoisotopic (exact) mass is 363 g/mol. The smallest absolute Gasteiger partial charge is 0.236 e. The van der Waals surface area contributed by atoms with Crippen LogP contribution in [0.5, 0.6) is 0 Å².